The first-order valence-electron chi connectivity index (χ1n) is 6.39. The minimum absolute atomic E-state index is 0.171. The predicted octanol–water partition coefficient (Wildman–Crippen LogP) is 2.56. The van der Waals surface area contributed by atoms with Crippen LogP contribution < -0.4 is 5.19 Å². The van der Waals surface area contributed by atoms with Crippen LogP contribution in [0.1, 0.15) is 6.92 Å². The van der Waals surface area contributed by atoms with Crippen molar-refractivity contribution in [1.82, 2.24) is 0 Å². The zero-order chi connectivity index (χ0) is 13.6. The third-order valence-electron chi connectivity index (χ3n) is 3.50. The van der Waals surface area contributed by atoms with Crippen LogP contribution in [0.4, 0.5) is 0 Å². The summed E-state index contributed by atoms with van der Waals surface area (Å²) in [5, 5.41) is 11.7. The summed E-state index contributed by atoms with van der Waals surface area (Å²) in [6.07, 6.45) is 3.72. The van der Waals surface area contributed by atoms with E-state index in [1.807, 2.05) is 19.1 Å². The first kappa shape index (κ1) is 15.2. The first-order valence-corrected chi connectivity index (χ1v) is 9.47. The number of benzene rings is 1. The van der Waals surface area contributed by atoms with Gasteiger partial charge in [-0.05, 0) is 6.92 Å². The molecule has 0 aliphatic rings. The molecule has 0 saturated carbocycles. The standard InChI is InChI=1S/C15H24O2Si/c1-5-9-15(14(16)12-17-2)18(3,4)13-10-7-6-8-11-13/h5-11,14-16H,12H2,1-4H3/b9-5-/t14-,15+/m0/s1. The van der Waals surface area contributed by atoms with Gasteiger partial charge in [-0.15, -0.1) is 0 Å². The lowest BCUT2D eigenvalue weighted by molar-refractivity contribution is 0.0657. The Morgan fingerprint density at radius 1 is 1.28 bits per heavy atom. The van der Waals surface area contributed by atoms with Gasteiger partial charge in [0, 0.05) is 12.7 Å². The minimum Gasteiger partial charge on any atom is -0.390 e. The average molecular weight is 264 g/mol. The Bertz CT molecular complexity index is 373. The van der Waals surface area contributed by atoms with E-state index in [1.165, 1.54) is 5.19 Å². The molecule has 0 fully saturated rings. The molecule has 1 aromatic carbocycles. The summed E-state index contributed by atoms with van der Waals surface area (Å²) in [5.41, 5.74) is 0.171. The molecule has 1 rings (SSSR count). The van der Waals surface area contributed by atoms with Gasteiger partial charge in [0.05, 0.1) is 20.8 Å². The lowest BCUT2D eigenvalue weighted by Crippen LogP contribution is -2.50. The van der Waals surface area contributed by atoms with Crippen LogP contribution in [0.15, 0.2) is 42.5 Å². The molecule has 3 heteroatoms. The second kappa shape index (κ2) is 6.88. The van der Waals surface area contributed by atoms with Gasteiger partial charge in [-0.2, -0.15) is 0 Å². The maximum atomic E-state index is 10.3. The second-order valence-corrected chi connectivity index (χ2v) is 9.85. The Morgan fingerprint density at radius 2 is 1.89 bits per heavy atom. The number of allylic oxidation sites excluding steroid dienone is 1. The van der Waals surface area contributed by atoms with Crippen molar-refractivity contribution in [1.29, 1.82) is 0 Å². The highest BCUT2D eigenvalue weighted by atomic mass is 28.3. The Balaban J connectivity index is 3.04. The van der Waals surface area contributed by atoms with Crippen molar-refractivity contribution in [2.75, 3.05) is 13.7 Å². The number of aliphatic hydroxyl groups is 1. The monoisotopic (exact) mass is 264 g/mol. The quantitative estimate of drug-likeness (QED) is 0.632. The van der Waals surface area contributed by atoms with E-state index in [1.54, 1.807) is 7.11 Å². The Hall–Kier alpha value is -0.903. The van der Waals surface area contributed by atoms with E-state index >= 15 is 0 Å². The van der Waals surface area contributed by atoms with Crippen molar-refractivity contribution in [3.8, 4) is 0 Å². The summed E-state index contributed by atoms with van der Waals surface area (Å²) in [5.74, 6) is 0. The summed E-state index contributed by atoms with van der Waals surface area (Å²) >= 11 is 0. The van der Waals surface area contributed by atoms with Gasteiger partial charge in [0.15, 0.2) is 0 Å². The molecule has 0 aliphatic carbocycles. The maximum Gasteiger partial charge on any atom is 0.0903 e. The molecule has 0 bridgehead atoms. The largest absolute Gasteiger partial charge is 0.390 e. The molecule has 1 N–H and O–H groups in total. The van der Waals surface area contributed by atoms with Crippen LogP contribution in [-0.4, -0.2) is 33.0 Å². The molecule has 0 amide bonds. The predicted molar refractivity (Wildman–Crippen MR) is 80.0 cm³/mol. The topological polar surface area (TPSA) is 29.5 Å². The van der Waals surface area contributed by atoms with E-state index in [9.17, 15) is 5.11 Å². The number of methoxy groups -OCH3 is 1. The van der Waals surface area contributed by atoms with E-state index in [2.05, 4.69) is 43.4 Å². The number of aliphatic hydroxyl groups excluding tert-OH is 1. The number of ether oxygens (including phenoxy) is 1. The number of hydrogen-bond acceptors (Lipinski definition) is 2. The zero-order valence-corrected chi connectivity index (χ0v) is 12.8. The van der Waals surface area contributed by atoms with Crippen molar-refractivity contribution in [3.05, 3.63) is 42.5 Å². The summed E-state index contributed by atoms with van der Waals surface area (Å²) in [6.45, 7) is 6.98. The Labute approximate surface area is 111 Å². The average Bonchev–Trinajstić information content (AvgIpc) is 2.37. The van der Waals surface area contributed by atoms with Crippen LogP contribution >= 0.6 is 0 Å². The van der Waals surface area contributed by atoms with Crippen molar-refractivity contribution in [3.63, 3.8) is 0 Å². The summed E-state index contributed by atoms with van der Waals surface area (Å²) in [6, 6.07) is 10.5. The highest BCUT2D eigenvalue weighted by Crippen LogP contribution is 2.27. The molecule has 2 nitrogen and oxygen atoms in total. The molecule has 0 unspecified atom stereocenters. The van der Waals surface area contributed by atoms with Crippen molar-refractivity contribution < 1.29 is 9.84 Å². The summed E-state index contributed by atoms with van der Waals surface area (Å²) < 4.78 is 5.10. The van der Waals surface area contributed by atoms with Crippen molar-refractivity contribution in [2.24, 2.45) is 0 Å². The van der Waals surface area contributed by atoms with Gasteiger partial charge >= 0.3 is 0 Å². The minimum atomic E-state index is -1.75. The highest BCUT2D eigenvalue weighted by Gasteiger charge is 2.36. The van der Waals surface area contributed by atoms with Crippen LogP contribution in [0.25, 0.3) is 0 Å². The summed E-state index contributed by atoms with van der Waals surface area (Å²) in [7, 11) is -0.115. The highest BCUT2D eigenvalue weighted by molar-refractivity contribution is 6.91. The van der Waals surface area contributed by atoms with E-state index < -0.39 is 14.2 Å². The zero-order valence-electron chi connectivity index (χ0n) is 11.8. The van der Waals surface area contributed by atoms with E-state index in [4.69, 9.17) is 4.74 Å². The SMILES string of the molecule is C/C=C\[C@H]([C@@H](O)COC)[Si](C)(C)c1ccccc1. The fourth-order valence-corrected chi connectivity index (χ4v) is 5.56. The third kappa shape index (κ3) is 3.54. The molecule has 0 heterocycles. The van der Waals surface area contributed by atoms with Gasteiger partial charge in [0.2, 0.25) is 0 Å². The summed E-state index contributed by atoms with van der Waals surface area (Å²) in [4.78, 5) is 0. The molecule has 100 valence electrons. The Morgan fingerprint density at radius 3 is 2.39 bits per heavy atom. The van der Waals surface area contributed by atoms with E-state index in [0.717, 1.165) is 0 Å². The molecule has 0 saturated heterocycles. The van der Waals surface area contributed by atoms with Gasteiger partial charge < -0.3 is 9.84 Å². The Kier molecular flexibility index (Phi) is 5.79. The molecule has 0 spiro atoms. The third-order valence-corrected chi connectivity index (χ3v) is 7.57. The van der Waals surface area contributed by atoms with Gasteiger partial charge in [-0.25, -0.2) is 0 Å². The normalized spacial score (nSPS) is 15.8. The molecule has 1 aromatic rings. The van der Waals surface area contributed by atoms with Crippen molar-refractivity contribution in [2.45, 2.75) is 31.7 Å². The van der Waals surface area contributed by atoms with Gasteiger partial charge in [-0.1, -0.05) is 60.8 Å². The van der Waals surface area contributed by atoms with Crippen molar-refractivity contribution >= 4 is 13.3 Å². The molecular weight excluding hydrogens is 240 g/mol. The molecule has 0 radical (unpaired) electrons. The fourth-order valence-electron chi connectivity index (χ4n) is 2.39. The smallest absolute Gasteiger partial charge is 0.0903 e. The molecule has 18 heavy (non-hydrogen) atoms. The van der Waals surface area contributed by atoms with Gasteiger partial charge in [0.1, 0.15) is 0 Å². The van der Waals surface area contributed by atoms with Crippen LogP contribution in [-0.2, 0) is 4.74 Å². The van der Waals surface area contributed by atoms with Crippen LogP contribution in [0.5, 0.6) is 0 Å². The maximum absolute atomic E-state index is 10.3. The van der Waals surface area contributed by atoms with E-state index in [-0.39, 0.29) is 5.54 Å². The lowest BCUT2D eigenvalue weighted by Gasteiger charge is -2.34. The molecule has 2 atom stereocenters. The fraction of sp³-hybridized carbons (Fsp3) is 0.467. The number of hydrogen-bond donors (Lipinski definition) is 1. The molecular formula is C15H24O2Si. The van der Waals surface area contributed by atoms with Crippen LogP contribution in [0.2, 0.25) is 18.6 Å². The van der Waals surface area contributed by atoms with Crippen LogP contribution in [0.3, 0.4) is 0 Å². The molecule has 0 aromatic heterocycles. The molecule has 0 aliphatic heterocycles. The number of rotatable bonds is 6. The van der Waals surface area contributed by atoms with Crippen LogP contribution in [0, 0.1) is 0 Å². The van der Waals surface area contributed by atoms with E-state index in [0.29, 0.717) is 6.61 Å². The first-order chi connectivity index (χ1) is 8.54. The van der Waals surface area contributed by atoms with Gasteiger partial charge in [0.25, 0.3) is 0 Å². The lowest BCUT2D eigenvalue weighted by atomic mass is 10.2. The van der Waals surface area contributed by atoms with Gasteiger partial charge in [-0.3, -0.25) is 0 Å². The second-order valence-electron chi connectivity index (χ2n) is 5.16.